The van der Waals surface area contributed by atoms with E-state index in [0.717, 1.165) is 62.6 Å². The monoisotopic (exact) mass is 861 g/mol. The molecule has 6 aromatic carbocycles. The summed E-state index contributed by atoms with van der Waals surface area (Å²) in [6.45, 7) is 5.32. The third kappa shape index (κ3) is 10.8. The molecule has 324 valence electrons. The molecule has 1 aliphatic carbocycles. The summed E-state index contributed by atoms with van der Waals surface area (Å²) >= 11 is 0. The molecule has 14 heteroatoms. The van der Waals surface area contributed by atoms with E-state index in [9.17, 15) is 20.1 Å². The average Bonchev–Trinajstić information content (AvgIpc) is 3.25. The van der Waals surface area contributed by atoms with Gasteiger partial charge in [-0.15, -0.1) is 0 Å². The summed E-state index contributed by atoms with van der Waals surface area (Å²) in [5.74, 6) is 0.245. The van der Waals surface area contributed by atoms with Crippen LogP contribution in [0.5, 0.6) is 0 Å². The summed E-state index contributed by atoms with van der Waals surface area (Å²) in [6, 6.07) is 36.4. The van der Waals surface area contributed by atoms with Crippen LogP contribution < -0.4 is 15.8 Å². The van der Waals surface area contributed by atoms with E-state index in [1.807, 2.05) is 68.4 Å². The SMILES string of the molecule is C/C=C\c1c(C)cc2ccccc2c1CN(BC1CCCCCC(BN(Cc2ccccc2B(O)O)S(=O)(=O)c2cccc3c(N(C)C)cccc23)C1)Cc1ccccc1B(O)O. The van der Waals surface area contributed by atoms with E-state index in [4.69, 9.17) is 0 Å². The van der Waals surface area contributed by atoms with Crippen molar-refractivity contribution >= 4 is 83.3 Å². The molecule has 0 aliphatic heterocycles. The van der Waals surface area contributed by atoms with Gasteiger partial charge in [-0.2, -0.15) is 0 Å². The van der Waals surface area contributed by atoms with Crippen LogP contribution in [0.3, 0.4) is 0 Å². The Balaban J connectivity index is 1.26. The van der Waals surface area contributed by atoms with Crippen LogP contribution in [0.2, 0.25) is 11.6 Å². The zero-order valence-corrected chi connectivity index (χ0v) is 37.9. The largest absolute Gasteiger partial charge is 0.488 e. The van der Waals surface area contributed by atoms with Crippen molar-refractivity contribution in [3.05, 3.63) is 149 Å². The lowest BCUT2D eigenvalue weighted by Crippen LogP contribution is -2.41. The molecule has 63 heavy (non-hydrogen) atoms. The highest BCUT2D eigenvalue weighted by atomic mass is 32.2. The van der Waals surface area contributed by atoms with Gasteiger partial charge in [0, 0.05) is 50.2 Å². The first-order chi connectivity index (χ1) is 30.3. The van der Waals surface area contributed by atoms with E-state index >= 15 is 8.42 Å². The maximum atomic E-state index is 15.2. The van der Waals surface area contributed by atoms with Crippen LogP contribution in [0.1, 0.15) is 73.3 Å². The van der Waals surface area contributed by atoms with Crippen LogP contribution in [-0.2, 0) is 29.7 Å². The van der Waals surface area contributed by atoms with Crippen molar-refractivity contribution in [2.24, 2.45) is 0 Å². The summed E-state index contributed by atoms with van der Waals surface area (Å²) in [6.07, 6.45) is 10.0. The lowest BCUT2D eigenvalue weighted by atomic mass is 9.58. The highest BCUT2D eigenvalue weighted by Gasteiger charge is 2.34. The van der Waals surface area contributed by atoms with Gasteiger partial charge in [0.2, 0.25) is 24.9 Å². The van der Waals surface area contributed by atoms with Gasteiger partial charge < -0.3 is 29.8 Å². The summed E-state index contributed by atoms with van der Waals surface area (Å²) in [4.78, 5) is 4.66. The summed E-state index contributed by atoms with van der Waals surface area (Å²) < 4.78 is 32.1. The van der Waals surface area contributed by atoms with Gasteiger partial charge in [0.25, 0.3) is 0 Å². The summed E-state index contributed by atoms with van der Waals surface area (Å²) in [5, 5.41) is 45.5. The van der Waals surface area contributed by atoms with E-state index in [2.05, 4.69) is 54.2 Å². The number of aryl methyl sites for hydroxylation is 1. The van der Waals surface area contributed by atoms with Gasteiger partial charge in [-0.1, -0.05) is 165 Å². The van der Waals surface area contributed by atoms with Crippen LogP contribution in [0, 0.1) is 6.92 Å². The van der Waals surface area contributed by atoms with E-state index in [1.165, 1.54) is 27.5 Å². The quantitative estimate of drug-likeness (QED) is 0.0839. The first kappa shape index (κ1) is 46.3. The minimum absolute atomic E-state index is 0.0123. The molecule has 0 saturated heterocycles. The highest BCUT2D eigenvalue weighted by Crippen LogP contribution is 2.38. The molecule has 0 amide bonds. The fourth-order valence-electron chi connectivity index (χ4n) is 9.86. The van der Waals surface area contributed by atoms with Crippen molar-refractivity contribution in [1.29, 1.82) is 0 Å². The van der Waals surface area contributed by atoms with Crippen molar-refractivity contribution in [1.82, 2.24) is 9.03 Å². The van der Waals surface area contributed by atoms with Crippen LogP contribution in [-0.4, -0.2) is 80.7 Å². The predicted octanol–water partition coefficient (Wildman–Crippen LogP) is 6.29. The Bertz CT molecular complexity index is 2660. The van der Waals surface area contributed by atoms with Crippen molar-refractivity contribution in [3.8, 4) is 0 Å². The first-order valence-electron chi connectivity index (χ1n) is 22.3. The van der Waals surface area contributed by atoms with Crippen LogP contribution >= 0.6 is 0 Å². The Morgan fingerprint density at radius 1 is 0.683 bits per heavy atom. The predicted molar refractivity (Wildman–Crippen MR) is 266 cm³/mol. The Kier molecular flexibility index (Phi) is 15.4. The molecule has 6 aromatic rings. The van der Waals surface area contributed by atoms with Gasteiger partial charge in [0.15, 0.2) is 0 Å². The number of fused-ring (bicyclic) bond motifs is 2. The number of benzene rings is 6. The van der Waals surface area contributed by atoms with Crippen molar-refractivity contribution in [2.75, 3.05) is 19.0 Å². The molecular weight excluding hydrogens is 802 g/mol. The number of rotatable bonds is 16. The van der Waals surface area contributed by atoms with E-state index in [0.29, 0.717) is 29.5 Å². The maximum Gasteiger partial charge on any atom is 0.488 e. The molecule has 0 spiro atoms. The molecule has 0 aromatic heterocycles. The second-order valence-electron chi connectivity index (χ2n) is 17.5. The molecule has 1 aliphatic rings. The molecule has 9 nitrogen and oxygen atoms in total. The Morgan fingerprint density at radius 2 is 1.27 bits per heavy atom. The Morgan fingerprint density at radius 3 is 1.94 bits per heavy atom. The van der Waals surface area contributed by atoms with Crippen molar-refractivity contribution < 1.29 is 28.5 Å². The van der Waals surface area contributed by atoms with E-state index in [-0.39, 0.29) is 36.0 Å². The number of sulfonamides is 1. The zero-order chi connectivity index (χ0) is 44.7. The second-order valence-corrected chi connectivity index (χ2v) is 19.5. The van der Waals surface area contributed by atoms with E-state index in [1.54, 1.807) is 46.7 Å². The van der Waals surface area contributed by atoms with Gasteiger partial charge in [-0.3, -0.25) is 0 Å². The van der Waals surface area contributed by atoms with E-state index < -0.39 is 24.3 Å². The van der Waals surface area contributed by atoms with Gasteiger partial charge in [-0.05, 0) is 75.5 Å². The Labute approximate surface area is 375 Å². The van der Waals surface area contributed by atoms with Gasteiger partial charge >= 0.3 is 14.2 Å². The zero-order valence-electron chi connectivity index (χ0n) is 37.1. The number of anilines is 1. The molecule has 1 fully saturated rings. The van der Waals surface area contributed by atoms with Gasteiger partial charge in [0.05, 0.1) is 4.90 Å². The first-order valence-corrected chi connectivity index (χ1v) is 23.7. The normalized spacial score (nSPS) is 16.1. The topological polar surface area (TPSA) is 125 Å². The summed E-state index contributed by atoms with van der Waals surface area (Å²) in [5.41, 5.74) is 6.70. The molecule has 0 bridgehead atoms. The summed E-state index contributed by atoms with van der Waals surface area (Å²) in [7, 11) is -2.57. The third-order valence-corrected chi connectivity index (χ3v) is 14.7. The van der Waals surface area contributed by atoms with Gasteiger partial charge in [0.1, 0.15) is 0 Å². The number of hydrogen-bond acceptors (Lipinski definition) is 8. The maximum absolute atomic E-state index is 15.2. The molecule has 4 N–H and O–H groups in total. The number of allylic oxidation sites excluding steroid dienone is 1. The molecule has 2 atom stereocenters. The minimum Gasteiger partial charge on any atom is -0.423 e. The fraction of sp³-hybridized carbons (Fsp3) is 0.306. The van der Waals surface area contributed by atoms with Crippen molar-refractivity contribution in [3.63, 3.8) is 0 Å². The fourth-order valence-corrected chi connectivity index (χ4v) is 11.6. The lowest BCUT2D eigenvalue weighted by Gasteiger charge is -2.33. The highest BCUT2D eigenvalue weighted by molar-refractivity contribution is 7.90. The molecule has 2 unspecified atom stereocenters. The molecule has 0 heterocycles. The number of hydrogen-bond donors (Lipinski definition) is 4. The smallest absolute Gasteiger partial charge is 0.423 e. The van der Waals surface area contributed by atoms with Gasteiger partial charge in [-0.25, -0.2) is 12.6 Å². The molecule has 7 rings (SSSR count). The molecule has 0 radical (unpaired) electrons. The molecule has 1 saturated carbocycles. The average molecular weight is 861 g/mol. The Hall–Kier alpha value is -4.65. The van der Waals surface area contributed by atoms with Crippen LogP contribution in [0.4, 0.5) is 5.69 Å². The van der Waals surface area contributed by atoms with Crippen molar-refractivity contribution in [2.45, 2.75) is 88.5 Å². The minimum atomic E-state index is -4.11. The van der Waals surface area contributed by atoms with Crippen LogP contribution in [0.25, 0.3) is 27.6 Å². The second kappa shape index (κ2) is 20.9. The molecular formula is C49H59B4N3O6S. The van der Waals surface area contributed by atoms with Crippen LogP contribution in [0.15, 0.2) is 126 Å². The lowest BCUT2D eigenvalue weighted by molar-refractivity contribution is 0.404. The number of nitrogens with zero attached hydrogens (tertiary/aromatic N) is 3. The third-order valence-electron chi connectivity index (χ3n) is 12.9. The standard InChI is InChI=1S/C49H59B4N3O6S/c1-5-17-41-35(2)30-36-18-9-12-23-42(36)45(41)34-55(32-37-19-10-13-26-46(37)52(57)58)50-39-21-7-6-8-22-40(31-39)51-56(33-38-20-11-14-27-47(38)53(59)60)63(61,62)49-29-16-24-43-44(49)25-15-28-48(43)54(3)4/h5,9-20,23-30,39-40,50-51,57-60H,6-8,21-22,31-34H2,1-4H3/b17-5-.